The molecule has 1 aromatic rings. The maximum atomic E-state index is 4.83. The molecule has 94 valence electrons. The molecule has 0 bridgehead atoms. The third kappa shape index (κ3) is 5.17. The Hall–Kier alpha value is -0.422. The van der Waals surface area contributed by atoms with Gasteiger partial charge in [0.1, 0.15) is 0 Å². The van der Waals surface area contributed by atoms with E-state index in [1.54, 1.807) is 0 Å². The molecule has 0 aliphatic carbocycles. The first-order chi connectivity index (χ1) is 7.70. The van der Waals surface area contributed by atoms with Gasteiger partial charge in [0.05, 0.1) is 0 Å². The molecular weight excluding hydrogens is 290 g/mol. The van der Waals surface area contributed by atoms with Gasteiger partial charge in [0.25, 0.3) is 0 Å². The molecule has 17 heavy (non-hydrogen) atoms. The zero-order valence-electron chi connectivity index (χ0n) is 11.7. The van der Waals surface area contributed by atoms with Crippen molar-refractivity contribution in [1.29, 1.82) is 0 Å². The number of nitrogens with zero attached hydrogens (tertiary/aromatic N) is 1. The molecule has 0 unspecified atom stereocenters. The van der Waals surface area contributed by atoms with Gasteiger partial charge in [-0.2, -0.15) is 0 Å². The minimum atomic E-state index is -0.390. The molecule has 0 spiro atoms. The summed E-state index contributed by atoms with van der Waals surface area (Å²) in [7, 11) is 0. The summed E-state index contributed by atoms with van der Waals surface area (Å²) in [5.74, 6) is 0. The summed E-state index contributed by atoms with van der Waals surface area (Å²) >= 11 is -0.390. The van der Waals surface area contributed by atoms with Gasteiger partial charge < -0.3 is 0 Å². The average molecular weight is 313 g/mol. The van der Waals surface area contributed by atoms with Crippen LogP contribution < -0.4 is 0 Å². The monoisotopic (exact) mass is 315 g/mol. The second kappa shape index (κ2) is 5.48. The maximum absolute atomic E-state index is 4.83. The Kier molecular flexibility index (Phi) is 4.72. The SMILES string of the molecule is CC(C)(C)[CH]=[Mo]=[N]c1ccccc1C(C)(C)C. The Morgan fingerprint density at radius 1 is 1.00 bits per heavy atom. The van der Waals surface area contributed by atoms with E-state index in [-0.39, 0.29) is 23.3 Å². The fourth-order valence-electron chi connectivity index (χ4n) is 1.43. The van der Waals surface area contributed by atoms with Crippen LogP contribution in [0.2, 0.25) is 0 Å². The second-order valence-corrected chi connectivity index (χ2v) is 7.99. The quantitative estimate of drug-likeness (QED) is 0.665. The predicted molar refractivity (Wildman–Crippen MR) is 72.7 cm³/mol. The zero-order valence-corrected chi connectivity index (χ0v) is 13.7. The van der Waals surface area contributed by atoms with Gasteiger partial charge in [0, 0.05) is 0 Å². The number of hydrogen-bond donors (Lipinski definition) is 0. The van der Waals surface area contributed by atoms with Gasteiger partial charge in [-0.05, 0) is 0 Å². The Morgan fingerprint density at radius 2 is 1.59 bits per heavy atom. The number of hydrogen-bond acceptors (Lipinski definition) is 1. The molecule has 0 saturated carbocycles. The molecule has 0 saturated heterocycles. The molecule has 1 rings (SSSR count). The molecule has 1 aromatic carbocycles. The third-order valence-corrected chi connectivity index (χ3v) is 5.01. The zero-order chi connectivity index (χ0) is 13.1. The van der Waals surface area contributed by atoms with Crippen LogP contribution in [0.1, 0.15) is 47.1 Å². The van der Waals surface area contributed by atoms with E-state index in [1.807, 2.05) is 0 Å². The molecule has 0 radical (unpaired) electrons. The molecule has 0 heterocycles. The van der Waals surface area contributed by atoms with Crippen molar-refractivity contribution in [2.24, 2.45) is 8.91 Å². The van der Waals surface area contributed by atoms with E-state index in [0.717, 1.165) is 0 Å². The van der Waals surface area contributed by atoms with E-state index in [4.69, 9.17) is 3.50 Å². The van der Waals surface area contributed by atoms with E-state index in [0.29, 0.717) is 5.41 Å². The first-order valence-corrected chi connectivity index (χ1v) is 8.06. The Morgan fingerprint density at radius 3 is 2.12 bits per heavy atom. The molecule has 1 nitrogen and oxygen atoms in total. The van der Waals surface area contributed by atoms with Crippen molar-refractivity contribution in [3.05, 3.63) is 29.8 Å². The van der Waals surface area contributed by atoms with Crippen molar-refractivity contribution >= 4 is 10.1 Å². The Labute approximate surface area is 114 Å². The van der Waals surface area contributed by atoms with E-state index in [2.05, 4.69) is 70.2 Å². The number of rotatable bonds is 1. The van der Waals surface area contributed by atoms with Crippen molar-refractivity contribution in [2.75, 3.05) is 0 Å². The first-order valence-electron chi connectivity index (χ1n) is 6.01. The first kappa shape index (κ1) is 14.6. The third-order valence-electron chi connectivity index (χ3n) is 2.27. The van der Waals surface area contributed by atoms with E-state index in [1.165, 1.54) is 11.3 Å². The normalized spacial score (nSPS) is 12.1. The van der Waals surface area contributed by atoms with Gasteiger partial charge in [0.2, 0.25) is 0 Å². The summed E-state index contributed by atoms with van der Waals surface area (Å²) < 4.78 is 7.22. The number of benzene rings is 1. The van der Waals surface area contributed by atoms with Crippen LogP contribution in [-0.2, 0) is 23.3 Å². The van der Waals surface area contributed by atoms with Crippen molar-refractivity contribution < 1.29 is 17.9 Å². The molecule has 0 aliphatic heterocycles. The standard InChI is InChI=1S/C10H13N.C5H10.Mo/c1-10(2,3)8-6-4-5-7-9(8)11;1-5(2,3)4;/h4-7H,1-3H3;1H,2-4H3;. The fourth-order valence-corrected chi connectivity index (χ4v) is 3.01. The van der Waals surface area contributed by atoms with Crippen LogP contribution in [0.3, 0.4) is 0 Å². The van der Waals surface area contributed by atoms with Crippen LogP contribution in [0, 0.1) is 5.41 Å². The summed E-state index contributed by atoms with van der Waals surface area (Å²) in [6.07, 6.45) is 0. The van der Waals surface area contributed by atoms with Crippen LogP contribution in [0.4, 0.5) is 5.69 Å². The van der Waals surface area contributed by atoms with Crippen LogP contribution >= 0.6 is 0 Å². The Bertz CT molecular complexity index is 441. The van der Waals surface area contributed by atoms with Crippen LogP contribution in [-0.4, -0.2) is 4.40 Å². The van der Waals surface area contributed by atoms with Crippen LogP contribution in [0.25, 0.3) is 0 Å². The predicted octanol–water partition coefficient (Wildman–Crippen LogP) is 4.73. The summed E-state index contributed by atoms with van der Waals surface area (Å²) in [5, 5.41) is 0. The van der Waals surface area contributed by atoms with Crippen molar-refractivity contribution in [2.45, 2.75) is 47.0 Å². The van der Waals surface area contributed by atoms with Gasteiger partial charge in [-0.25, -0.2) is 0 Å². The minimum absolute atomic E-state index is 0.175. The van der Waals surface area contributed by atoms with Gasteiger partial charge in [0.15, 0.2) is 0 Å². The molecule has 0 fully saturated rings. The van der Waals surface area contributed by atoms with Crippen LogP contribution in [0.15, 0.2) is 27.8 Å². The molecule has 0 amide bonds. The van der Waals surface area contributed by atoms with E-state index >= 15 is 0 Å². The molecule has 0 atom stereocenters. The van der Waals surface area contributed by atoms with Gasteiger partial charge in [-0.3, -0.25) is 0 Å². The van der Waals surface area contributed by atoms with E-state index in [9.17, 15) is 0 Å². The molecular formula is C15H23MoN. The molecule has 0 aliphatic rings. The van der Waals surface area contributed by atoms with E-state index < -0.39 is 0 Å². The fraction of sp³-hybridized carbons (Fsp3) is 0.533. The van der Waals surface area contributed by atoms with Gasteiger partial charge >= 0.3 is 114 Å². The molecule has 2 heteroatoms. The van der Waals surface area contributed by atoms with Crippen molar-refractivity contribution in [3.8, 4) is 0 Å². The van der Waals surface area contributed by atoms with Gasteiger partial charge in [-0.15, -0.1) is 0 Å². The average Bonchev–Trinajstić information content (AvgIpc) is 2.15. The molecule has 0 N–H and O–H groups in total. The van der Waals surface area contributed by atoms with Crippen molar-refractivity contribution in [3.63, 3.8) is 0 Å². The summed E-state index contributed by atoms with van der Waals surface area (Å²) in [6.45, 7) is 13.5. The summed E-state index contributed by atoms with van der Waals surface area (Å²) in [6, 6.07) is 8.52. The topological polar surface area (TPSA) is 12.4 Å². The summed E-state index contributed by atoms with van der Waals surface area (Å²) in [4.78, 5) is 0. The summed E-state index contributed by atoms with van der Waals surface area (Å²) in [5.41, 5.74) is 3.01. The van der Waals surface area contributed by atoms with Gasteiger partial charge in [-0.1, -0.05) is 0 Å². The van der Waals surface area contributed by atoms with Crippen molar-refractivity contribution in [1.82, 2.24) is 0 Å². The Balaban J connectivity index is 3.13. The molecule has 0 aromatic heterocycles. The second-order valence-electron chi connectivity index (χ2n) is 6.45. The van der Waals surface area contributed by atoms with Crippen LogP contribution in [0.5, 0.6) is 0 Å².